The number of hydrogen-bond acceptors (Lipinski definition) is 4. The Balaban J connectivity index is 1.55. The number of nitrogens with zero attached hydrogens (tertiary/aromatic N) is 2. The van der Waals surface area contributed by atoms with Crippen LogP contribution in [0.15, 0.2) is 24.3 Å². The van der Waals surface area contributed by atoms with Crippen LogP contribution in [0.25, 0.3) is 0 Å². The highest BCUT2D eigenvalue weighted by Gasteiger charge is 2.32. The molecule has 1 aromatic carbocycles. The summed E-state index contributed by atoms with van der Waals surface area (Å²) in [6.07, 6.45) is 1.08. The van der Waals surface area contributed by atoms with Gasteiger partial charge in [0.2, 0.25) is 11.8 Å². The van der Waals surface area contributed by atoms with Crippen LogP contribution in [-0.2, 0) is 9.59 Å². The van der Waals surface area contributed by atoms with Crippen LogP contribution in [0.1, 0.15) is 12.8 Å². The van der Waals surface area contributed by atoms with Crippen LogP contribution >= 0.6 is 0 Å². The molecular formula is C16H21N3O3. The molecule has 6 heteroatoms. The molecule has 1 atom stereocenters. The maximum Gasteiger partial charge on any atom is 0.245 e. The minimum Gasteiger partial charge on any atom is -0.497 e. The lowest BCUT2D eigenvalue weighted by Gasteiger charge is -2.37. The monoisotopic (exact) mass is 303 g/mol. The first-order valence-electron chi connectivity index (χ1n) is 7.64. The molecule has 0 radical (unpaired) electrons. The number of rotatable bonds is 3. The van der Waals surface area contributed by atoms with Crippen molar-refractivity contribution in [2.75, 3.05) is 38.2 Å². The van der Waals surface area contributed by atoms with E-state index in [1.807, 2.05) is 29.2 Å². The molecule has 2 fully saturated rings. The van der Waals surface area contributed by atoms with Gasteiger partial charge in [0.1, 0.15) is 11.8 Å². The second-order valence-corrected chi connectivity index (χ2v) is 5.67. The molecule has 0 unspecified atom stereocenters. The quantitative estimate of drug-likeness (QED) is 0.889. The van der Waals surface area contributed by atoms with E-state index in [1.165, 1.54) is 0 Å². The fraction of sp³-hybridized carbons (Fsp3) is 0.500. The fourth-order valence-corrected chi connectivity index (χ4v) is 3.00. The highest BCUT2D eigenvalue weighted by atomic mass is 16.5. The van der Waals surface area contributed by atoms with E-state index in [0.717, 1.165) is 24.5 Å². The first-order valence-corrected chi connectivity index (χ1v) is 7.64. The molecule has 0 aromatic heterocycles. The van der Waals surface area contributed by atoms with Crippen molar-refractivity contribution in [3.8, 4) is 5.75 Å². The molecule has 0 bridgehead atoms. The zero-order chi connectivity index (χ0) is 15.5. The van der Waals surface area contributed by atoms with Crippen molar-refractivity contribution in [1.29, 1.82) is 0 Å². The summed E-state index contributed by atoms with van der Waals surface area (Å²) in [6, 6.07) is 7.64. The fourth-order valence-electron chi connectivity index (χ4n) is 3.00. The Morgan fingerprint density at radius 1 is 1.18 bits per heavy atom. The molecule has 0 aliphatic carbocycles. The van der Waals surface area contributed by atoms with Crippen LogP contribution in [0.4, 0.5) is 5.69 Å². The molecule has 22 heavy (non-hydrogen) atoms. The number of carbonyl (C=O) groups excluding carboxylic acids is 2. The maximum absolute atomic E-state index is 12.3. The Bertz CT molecular complexity index is 550. The van der Waals surface area contributed by atoms with E-state index in [4.69, 9.17) is 4.74 Å². The Kier molecular flexibility index (Phi) is 4.18. The molecule has 0 spiro atoms. The normalized spacial score (nSPS) is 21.7. The number of nitrogens with one attached hydrogen (secondary N) is 1. The molecule has 2 aliphatic heterocycles. The van der Waals surface area contributed by atoms with Gasteiger partial charge in [-0.3, -0.25) is 9.59 Å². The minimum absolute atomic E-state index is 0.0183. The molecule has 2 aliphatic rings. The van der Waals surface area contributed by atoms with Gasteiger partial charge in [0.05, 0.1) is 7.11 Å². The summed E-state index contributed by atoms with van der Waals surface area (Å²) >= 11 is 0. The predicted octanol–water partition coefficient (Wildman–Crippen LogP) is 0.622. The third-order valence-electron chi connectivity index (χ3n) is 4.32. The van der Waals surface area contributed by atoms with E-state index >= 15 is 0 Å². The van der Waals surface area contributed by atoms with Crippen molar-refractivity contribution in [3.05, 3.63) is 24.3 Å². The summed E-state index contributed by atoms with van der Waals surface area (Å²) in [6.45, 7) is 2.99. The van der Waals surface area contributed by atoms with E-state index in [1.54, 1.807) is 7.11 Å². The smallest absolute Gasteiger partial charge is 0.245 e. The molecule has 0 saturated carbocycles. The lowest BCUT2D eigenvalue weighted by atomic mass is 10.1. The van der Waals surface area contributed by atoms with Crippen LogP contribution in [0, 0.1) is 0 Å². The van der Waals surface area contributed by atoms with Crippen molar-refractivity contribution in [3.63, 3.8) is 0 Å². The number of anilines is 1. The molecule has 2 saturated heterocycles. The Hall–Kier alpha value is -2.24. The van der Waals surface area contributed by atoms with Crippen LogP contribution in [0.5, 0.6) is 5.75 Å². The lowest BCUT2D eigenvalue weighted by molar-refractivity contribution is -0.134. The number of carbonyl (C=O) groups is 2. The second kappa shape index (κ2) is 6.25. The van der Waals surface area contributed by atoms with Crippen LogP contribution in [-0.4, -0.2) is 56.0 Å². The Labute approximate surface area is 130 Å². The molecule has 1 N–H and O–H groups in total. The molecule has 3 rings (SSSR count). The minimum atomic E-state index is -0.319. The largest absolute Gasteiger partial charge is 0.497 e. The van der Waals surface area contributed by atoms with Crippen LogP contribution in [0.3, 0.4) is 0 Å². The van der Waals surface area contributed by atoms with Crippen LogP contribution in [0.2, 0.25) is 0 Å². The summed E-state index contributed by atoms with van der Waals surface area (Å²) in [7, 11) is 1.65. The number of methoxy groups -OCH3 is 1. The van der Waals surface area contributed by atoms with Gasteiger partial charge in [0.25, 0.3) is 0 Å². The van der Waals surface area contributed by atoms with Gasteiger partial charge >= 0.3 is 0 Å². The van der Waals surface area contributed by atoms with E-state index < -0.39 is 0 Å². The van der Waals surface area contributed by atoms with Crippen molar-refractivity contribution >= 4 is 17.5 Å². The topological polar surface area (TPSA) is 61.9 Å². The van der Waals surface area contributed by atoms with Crippen molar-refractivity contribution in [1.82, 2.24) is 10.2 Å². The van der Waals surface area contributed by atoms with Gasteiger partial charge in [-0.1, -0.05) is 0 Å². The van der Waals surface area contributed by atoms with Crippen LogP contribution < -0.4 is 15.0 Å². The number of benzene rings is 1. The highest BCUT2D eigenvalue weighted by Crippen LogP contribution is 2.21. The van der Waals surface area contributed by atoms with Crippen molar-refractivity contribution < 1.29 is 14.3 Å². The standard InChI is InChI=1S/C16H21N3O3/c1-22-13-4-2-12(3-5-13)18-8-10-19(11-9-18)16(21)14-6-7-15(20)17-14/h2-5,14H,6-11H2,1H3,(H,17,20)/t14-/m1/s1. The van der Waals surface area contributed by atoms with Gasteiger partial charge in [0, 0.05) is 38.3 Å². The Morgan fingerprint density at radius 3 is 2.41 bits per heavy atom. The van der Waals surface area contributed by atoms with E-state index in [0.29, 0.717) is 25.9 Å². The second-order valence-electron chi connectivity index (χ2n) is 5.67. The number of amides is 2. The SMILES string of the molecule is COc1ccc(N2CCN(C(=O)[C@H]3CCC(=O)N3)CC2)cc1. The third kappa shape index (κ3) is 3.00. The van der Waals surface area contributed by atoms with Gasteiger partial charge < -0.3 is 19.9 Å². The summed E-state index contributed by atoms with van der Waals surface area (Å²) in [4.78, 5) is 27.7. The molecule has 1 aromatic rings. The molecule has 118 valence electrons. The van der Waals surface area contributed by atoms with Gasteiger partial charge in [-0.25, -0.2) is 0 Å². The number of hydrogen-bond donors (Lipinski definition) is 1. The van der Waals surface area contributed by atoms with Gasteiger partial charge in [-0.05, 0) is 30.7 Å². The molecule has 2 amide bonds. The van der Waals surface area contributed by atoms with E-state index in [-0.39, 0.29) is 17.9 Å². The van der Waals surface area contributed by atoms with E-state index in [9.17, 15) is 9.59 Å². The average Bonchev–Trinajstić information content (AvgIpc) is 3.01. The Morgan fingerprint density at radius 2 is 1.86 bits per heavy atom. The number of piperazine rings is 1. The molecule has 2 heterocycles. The summed E-state index contributed by atoms with van der Waals surface area (Å²) < 4.78 is 5.16. The van der Waals surface area contributed by atoms with Gasteiger partial charge in [-0.15, -0.1) is 0 Å². The highest BCUT2D eigenvalue weighted by molar-refractivity contribution is 5.90. The number of ether oxygens (including phenoxy) is 1. The zero-order valence-corrected chi connectivity index (χ0v) is 12.7. The average molecular weight is 303 g/mol. The first-order chi connectivity index (χ1) is 10.7. The van der Waals surface area contributed by atoms with Crippen molar-refractivity contribution in [2.24, 2.45) is 0 Å². The van der Waals surface area contributed by atoms with Crippen molar-refractivity contribution in [2.45, 2.75) is 18.9 Å². The summed E-state index contributed by atoms with van der Waals surface area (Å²) in [5, 5.41) is 2.75. The lowest BCUT2D eigenvalue weighted by Crippen LogP contribution is -2.53. The first kappa shape index (κ1) is 14.7. The van der Waals surface area contributed by atoms with Gasteiger partial charge in [-0.2, -0.15) is 0 Å². The summed E-state index contributed by atoms with van der Waals surface area (Å²) in [5.41, 5.74) is 1.14. The molecular weight excluding hydrogens is 282 g/mol. The van der Waals surface area contributed by atoms with E-state index in [2.05, 4.69) is 10.2 Å². The predicted molar refractivity (Wildman–Crippen MR) is 83.0 cm³/mol. The molecule has 6 nitrogen and oxygen atoms in total. The zero-order valence-electron chi connectivity index (χ0n) is 12.7. The third-order valence-corrected chi connectivity index (χ3v) is 4.32. The maximum atomic E-state index is 12.3. The summed E-state index contributed by atoms with van der Waals surface area (Å²) in [5.74, 6) is 0.880. The van der Waals surface area contributed by atoms with Gasteiger partial charge in [0.15, 0.2) is 0 Å².